The van der Waals surface area contributed by atoms with Gasteiger partial charge in [-0.1, -0.05) is 26.8 Å². The van der Waals surface area contributed by atoms with E-state index >= 15 is 0 Å². The van der Waals surface area contributed by atoms with Crippen LogP contribution in [0.25, 0.3) is 0 Å². The number of benzene rings is 1. The summed E-state index contributed by atoms with van der Waals surface area (Å²) in [5.74, 6) is 1.34. The SMILES string of the molecule is CCCC(=O)Nc1cccc(OCC(C)C)c1. The Labute approximate surface area is 103 Å². The van der Waals surface area contributed by atoms with Crippen molar-refractivity contribution in [2.75, 3.05) is 11.9 Å². The molecule has 17 heavy (non-hydrogen) atoms. The topological polar surface area (TPSA) is 38.3 Å². The number of hydrogen-bond acceptors (Lipinski definition) is 2. The average Bonchev–Trinajstić information content (AvgIpc) is 2.27. The average molecular weight is 235 g/mol. The molecule has 0 fully saturated rings. The third-order valence-corrected chi connectivity index (χ3v) is 2.18. The molecule has 0 bridgehead atoms. The van der Waals surface area contributed by atoms with Crippen molar-refractivity contribution in [2.45, 2.75) is 33.6 Å². The standard InChI is InChI=1S/C14H21NO2/c1-4-6-14(16)15-12-7-5-8-13(9-12)17-10-11(2)3/h5,7-9,11H,4,6,10H2,1-3H3,(H,15,16). The summed E-state index contributed by atoms with van der Waals surface area (Å²) in [4.78, 5) is 11.4. The molecule has 0 aliphatic heterocycles. The van der Waals surface area contributed by atoms with Crippen molar-refractivity contribution >= 4 is 11.6 Å². The third kappa shape index (κ3) is 5.38. The fourth-order valence-electron chi connectivity index (χ4n) is 1.38. The number of rotatable bonds is 6. The molecule has 94 valence electrons. The number of ether oxygens (including phenoxy) is 1. The first-order valence-electron chi connectivity index (χ1n) is 6.14. The molecule has 1 aromatic rings. The third-order valence-electron chi connectivity index (χ3n) is 2.18. The predicted molar refractivity (Wildman–Crippen MR) is 70.3 cm³/mol. The van der Waals surface area contributed by atoms with E-state index in [0.29, 0.717) is 18.9 Å². The Balaban J connectivity index is 2.56. The van der Waals surface area contributed by atoms with Crippen molar-refractivity contribution in [1.82, 2.24) is 0 Å². The molecule has 3 nitrogen and oxygen atoms in total. The fraction of sp³-hybridized carbons (Fsp3) is 0.500. The summed E-state index contributed by atoms with van der Waals surface area (Å²) in [6.45, 7) is 6.88. The molecular formula is C14H21NO2. The maximum atomic E-state index is 11.4. The van der Waals surface area contributed by atoms with Gasteiger partial charge in [0.25, 0.3) is 0 Å². The summed E-state index contributed by atoms with van der Waals surface area (Å²) in [6.07, 6.45) is 1.41. The van der Waals surface area contributed by atoms with Gasteiger partial charge in [0.15, 0.2) is 0 Å². The molecule has 0 aromatic heterocycles. The number of hydrogen-bond donors (Lipinski definition) is 1. The van der Waals surface area contributed by atoms with Crippen molar-refractivity contribution in [3.05, 3.63) is 24.3 Å². The number of carbonyl (C=O) groups excluding carboxylic acids is 1. The molecule has 3 heteroatoms. The largest absolute Gasteiger partial charge is 0.493 e. The van der Waals surface area contributed by atoms with Gasteiger partial charge in [0.2, 0.25) is 5.91 Å². The van der Waals surface area contributed by atoms with Gasteiger partial charge in [-0.25, -0.2) is 0 Å². The molecule has 0 saturated carbocycles. The van der Waals surface area contributed by atoms with Gasteiger partial charge in [-0.05, 0) is 24.5 Å². The summed E-state index contributed by atoms with van der Waals surface area (Å²) in [5, 5.41) is 2.85. The van der Waals surface area contributed by atoms with Crippen molar-refractivity contribution in [3.8, 4) is 5.75 Å². The summed E-state index contributed by atoms with van der Waals surface area (Å²) >= 11 is 0. The highest BCUT2D eigenvalue weighted by atomic mass is 16.5. The van der Waals surface area contributed by atoms with Crippen molar-refractivity contribution in [1.29, 1.82) is 0 Å². The normalized spacial score (nSPS) is 10.4. The molecule has 0 unspecified atom stereocenters. The molecule has 1 aromatic carbocycles. The summed E-state index contributed by atoms with van der Waals surface area (Å²) in [5.41, 5.74) is 0.796. The lowest BCUT2D eigenvalue weighted by molar-refractivity contribution is -0.116. The first-order chi connectivity index (χ1) is 8.11. The van der Waals surface area contributed by atoms with E-state index in [2.05, 4.69) is 19.2 Å². The van der Waals surface area contributed by atoms with Gasteiger partial charge in [-0.15, -0.1) is 0 Å². The van der Waals surface area contributed by atoms with Crippen molar-refractivity contribution in [3.63, 3.8) is 0 Å². The Hall–Kier alpha value is -1.51. The molecular weight excluding hydrogens is 214 g/mol. The van der Waals surface area contributed by atoms with Crippen LogP contribution in [0.3, 0.4) is 0 Å². The van der Waals surface area contributed by atoms with Crippen LogP contribution >= 0.6 is 0 Å². The van der Waals surface area contributed by atoms with Gasteiger partial charge in [-0.2, -0.15) is 0 Å². The number of carbonyl (C=O) groups is 1. The van der Waals surface area contributed by atoms with E-state index in [4.69, 9.17) is 4.74 Å². The van der Waals surface area contributed by atoms with E-state index in [-0.39, 0.29) is 5.91 Å². The second kappa shape index (κ2) is 6.94. The molecule has 0 aliphatic rings. The van der Waals surface area contributed by atoms with Crippen LogP contribution < -0.4 is 10.1 Å². The maximum Gasteiger partial charge on any atom is 0.224 e. The van der Waals surface area contributed by atoms with Crippen molar-refractivity contribution in [2.24, 2.45) is 5.92 Å². The smallest absolute Gasteiger partial charge is 0.224 e. The second-order valence-electron chi connectivity index (χ2n) is 4.53. The van der Waals surface area contributed by atoms with Crippen LogP contribution in [0.1, 0.15) is 33.6 Å². The lowest BCUT2D eigenvalue weighted by Crippen LogP contribution is -2.11. The number of anilines is 1. The minimum Gasteiger partial charge on any atom is -0.493 e. The van der Waals surface area contributed by atoms with E-state index in [9.17, 15) is 4.79 Å². The van der Waals surface area contributed by atoms with Gasteiger partial charge in [0, 0.05) is 18.2 Å². The van der Waals surface area contributed by atoms with Crippen LogP contribution in [-0.4, -0.2) is 12.5 Å². The Morgan fingerprint density at radius 1 is 1.41 bits per heavy atom. The van der Waals surface area contributed by atoms with Crippen molar-refractivity contribution < 1.29 is 9.53 Å². The van der Waals surface area contributed by atoms with Gasteiger partial charge < -0.3 is 10.1 Å². The minimum atomic E-state index is 0.0495. The summed E-state index contributed by atoms with van der Waals surface area (Å²) in [7, 11) is 0. The van der Waals surface area contributed by atoms with Crippen LogP contribution in [0, 0.1) is 5.92 Å². The lowest BCUT2D eigenvalue weighted by Gasteiger charge is -2.10. The maximum absolute atomic E-state index is 11.4. The summed E-state index contributed by atoms with van der Waals surface area (Å²) in [6, 6.07) is 7.51. The lowest BCUT2D eigenvalue weighted by atomic mass is 10.2. The zero-order valence-electron chi connectivity index (χ0n) is 10.8. The Bertz CT molecular complexity index is 361. The monoisotopic (exact) mass is 235 g/mol. The molecule has 1 amide bonds. The van der Waals surface area contributed by atoms with E-state index in [1.165, 1.54) is 0 Å². The van der Waals surface area contributed by atoms with Crippen LogP contribution in [0.5, 0.6) is 5.75 Å². The quantitative estimate of drug-likeness (QED) is 0.820. The molecule has 0 radical (unpaired) electrons. The highest BCUT2D eigenvalue weighted by Crippen LogP contribution is 2.18. The van der Waals surface area contributed by atoms with E-state index in [1.807, 2.05) is 31.2 Å². The number of amides is 1. The van der Waals surface area contributed by atoms with Crippen LogP contribution in [-0.2, 0) is 4.79 Å². The first-order valence-corrected chi connectivity index (χ1v) is 6.14. The molecule has 1 rings (SSSR count). The zero-order chi connectivity index (χ0) is 12.7. The molecule has 0 heterocycles. The van der Waals surface area contributed by atoms with E-state index in [1.54, 1.807) is 0 Å². The second-order valence-corrected chi connectivity index (χ2v) is 4.53. The highest BCUT2D eigenvalue weighted by molar-refractivity contribution is 5.90. The van der Waals surface area contributed by atoms with Gasteiger partial charge in [0.05, 0.1) is 6.61 Å². The minimum absolute atomic E-state index is 0.0495. The molecule has 0 spiro atoms. The first kappa shape index (κ1) is 13.6. The van der Waals surface area contributed by atoms with Crippen LogP contribution in [0.15, 0.2) is 24.3 Å². The van der Waals surface area contributed by atoms with E-state index in [0.717, 1.165) is 17.9 Å². The summed E-state index contributed by atoms with van der Waals surface area (Å²) < 4.78 is 5.60. The number of nitrogens with one attached hydrogen (secondary N) is 1. The van der Waals surface area contributed by atoms with Gasteiger partial charge in [0.1, 0.15) is 5.75 Å². The molecule has 0 aliphatic carbocycles. The Kier molecular flexibility index (Phi) is 5.53. The van der Waals surface area contributed by atoms with Crippen LogP contribution in [0.2, 0.25) is 0 Å². The fourth-order valence-corrected chi connectivity index (χ4v) is 1.38. The van der Waals surface area contributed by atoms with Gasteiger partial charge >= 0.3 is 0 Å². The zero-order valence-corrected chi connectivity index (χ0v) is 10.8. The molecule has 0 atom stereocenters. The Morgan fingerprint density at radius 2 is 2.18 bits per heavy atom. The van der Waals surface area contributed by atoms with E-state index < -0.39 is 0 Å². The van der Waals surface area contributed by atoms with Gasteiger partial charge in [-0.3, -0.25) is 4.79 Å². The highest BCUT2D eigenvalue weighted by Gasteiger charge is 2.02. The predicted octanol–water partition coefficient (Wildman–Crippen LogP) is 3.46. The Morgan fingerprint density at radius 3 is 2.82 bits per heavy atom. The molecule has 1 N–H and O–H groups in total. The van der Waals surface area contributed by atoms with Crippen LogP contribution in [0.4, 0.5) is 5.69 Å². The molecule has 0 saturated heterocycles.